The molecule has 2 aliphatic heterocycles. The average molecular weight is 260 g/mol. The number of phenolic OH excluding ortho intramolecular Hbond substituents is 1. The van der Waals surface area contributed by atoms with Crippen molar-refractivity contribution in [3.8, 4) is 5.75 Å². The number of amides is 2. The Kier molecular flexibility index (Phi) is 3.32. The second kappa shape index (κ2) is 5.11. The highest BCUT2D eigenvalue weighted by Gasteiger charge is 2.25. The van der Waals surface area contributed by atoms with Gasteiger partial charge in [0.15, 0.2) is 0 Å². The Bertz CT molecular complexity index is 481. The lowest BCUT2D eigenvalue weighted by Crippen LogP contribution is -2.47. The second-order valence-electron chi connectivity index (χ2n) is 5.45. The number of carbonyl (C=O) groups excluding carboxylic acids is 1. The largest absolute Gasteiger partial charge is 0.508 e. The molecule has 0 saturated carbocycles. The van der Waals surface area contributed by atoms with Gasteiger partial charge >= 0.3 is 6.03 Å². The molecular weight excluding hydrogens is 240 g/mol. The van der Waals surface area contributed by atoms with Gasteiger partial charge in [0.05, 0.1) is 0 Å². The first-order valence-electron chi connectivity index (χ1n) is 7.08. The molecule has 0 aromatic heterocycles. The topological polar surface area (TPSA) is 43.8 Å². The number of hydrogen-bond acceptors (Lipinski definition) is 2. The number of carbonyl (C=O) groups is 1. The maximum absolute atomic E-state index is 12.4. The van der Waals surface area contributed by atoms with Gasteiger partial charge in [0.2, 0.25) is 0 Å². The number of piperidine rings is 1. The van der Waals surface area contributed by atoms with E-state index in [1.807, 2.05) is 15.9 Å². The normalized spacial score (nSPS) is 19.2. The predicted octanol–water partition coefficient (Wildman–Crippen LogP) is 2.36. The fourth-order valence-corrected chi connectivity index (χ4v) is 2.99. The molecule has 4 nitrogen and oxygen atoms in total. The summed E-state index contributed by atoms with van der Waals surface area (Å²) >= 11 is 0. The minimum absolute atomic E-state index is 0.161. The molecule has 2 aliphatic rings. The van der Waals surface area contributed by atoms with E-state index in [0.29, 0.717) is 6.54 Å². The number of nitrogens with zero attached hydrogens (tertiary/aromatic N) is 2. The van der Waals surface area contributed by atoms with E-state index in [1.54, 1.807) is 12.1 Å². The molecule has 19 heavy (non-hydrogen) atoms. The molecule has 1 aromatic carbocycles. The summed E-state index contributed by atoms with van der Waals surface area (Å²) in [5.41, 5.74) is 2.33. The number of benzene rings is 1. The Morgan fingerprint density at radius 1 is 1.00 bits per heavy atom. The molecule has 1 fully saturated rings. The number of likely N-dealkylation sites (tertiary alicyclic amines) is 1. The van der Waals surface area contributed by atoms with E-state index in [9.17, 15) is 9.90 Å². The van der Waals surface area contributed by atoms with Crippen molar-refractivity contribution in [1.29, 1.82) is 0 Å². The van der Waals surface area contributed by atoms with Crippen molar-refractivity contribution in [1.82, 2.24) is 9.80 Å². The zero-order valence-electron chi connectivity index (χ0n) is 11.1. The third-order valence-corrected chi connectivity index (χ3v) is 4.10. The molecule has 1 N–H and O–H groups in total. The van der Waals surface area contributed by atoms with Crippen molar-refractivity contribution in [3.63, 3.8) is 0 Å². The lowest BCUT2D eigenvalue weighted by molar-refractivity contribution is 0.138. The van der Waals surface area contributed by atoms with Crippen molar-refractivity contribution >= 4 is 6.03 Å². The van der Waals surface area contributed by atoms with Crippen molar-refractivity contribution in [2.24, 2.45) is 0 Å². The lowest BCUT2D eigenvalue weighted by Gasteiger charge is -2.35. The Labute approximate surface area is 113 Å². The molecule has 0 spiro atoms. The van der Waals surface area contributed by atoms with Gasteiger partial charge in [-0.3, -0.25) is 0 Å². The second-order valence-corrected chi connectivity index (χ2v) is 5.45. The van der Waals surface area contributed by atoms with Crippen LogP contribution in [0, 0.1) is 0 Å². The summed E-state index contributed by atoms with van der Waals surface area (Å²) in [5, 5.41) is 9.55. The molecule has 0 atom stereocenters. The number of fused-ring (bicyclic) bond motifs is 1. The van der Waals surface area contributed by atoms with Crippen molar-refractivity contribution in [2.45, 2.75) is 32.2 Å². The van der Waals surface area contributed by atoms with Crippen molar-refractivity contribution in [3.05, 3.63) is 29.3 Å². The number of rotatable bonds is 0. The summed E-state index contributed by atoms with van der Waals surface area (Å²) in [4.78, 5) is 16.3. The standard InChI is InChI=1S/C15H20N2O2/c18-14-5-4-12-6-9-17(11-13(12)10-14)15(19)16-7-2-1-3-8-16/h4-5,10,18H,1-3,6-9,11H2. The summed E-state index contributed by atoms with van der Waals surface area (Å²) in [7, 11) is 0. The van der Waals surface area contributed by atoms with E-state index in [1.165, 1.54) is 12.0 Å². The van der Waals surface area contributed by atoms with Crippen LogP contribution in [0.1, 0.15) is 30.4 Å². The molecule has 0 radical (unpaired) electrons. The van der Waals surface area contributed by atoms with Crippen molar-refractivity contribution < 1.29 is 9.90 Å². The number of urea groups is 1. The van der Waals surface area contributed by atoms with Gasteiger partial charge < -0.3 is 14.9 Å². The van der Waals surface area contributed by atoms with Crippen LogP contribution in [0.2, 0.25) is 0 Å². The quantitative estimate of drug-likeness (QED) is 0.778. The van der Waals surface area contributed by atoms with E-state index in [0.717, 1.165) is 44.5 Å². The summed E-state index contributed by atoms with van der Waals surface area (Å²) in [6.07, 6.45) is 4.36. The molecule has 2 amide bonds. The van der Waals surface area contributed by atoms with Crippen LogP contribution in [0.4, 0.5) is 4.79 Å². The maximum atomic E-state index is 12.4. The summed E-state index contributed by atoms with van der Waals surface area (Å²) in [5.74, 6) is 0.283. The highest BCUT2D eigenvalue weighted by molar-refractivity contribution is 5.75. The van der Waals surface area contributed by atoms with Crippen LogP contribution >= 0.6 is 0 Å². The Balaban J connectivity index is 1.72. The average Bonchev–Trinajstić information content (AvgIpc) is 2.46. The molecular formula is C15H20N2O2. The molecule has 1 aromatic rings. The van der Waals surface area contributed by atoms with Crippen LogP contribution in [0.15, 0.2) is 18.2 Å². The molecule has 1 saturated heterocycles. The van der Waals surface area contributed by atoms with Crippen LogP contribution in [-0.4, -0.2) is 40.6 Å². The van der Waals surface area contributed by atoms with Gasteiger partial charge in [0.1, 0.15) is 5.75 Å². The van der Waals surface area contributed by atoms with Gasteiger partial charge in [-0.05, 0) is 48.9 Å². The van der Waals surface area contributed by atoms with E-state index < -0.39 is 0 Å². The van der Waals surface area contributed by atoms with Gasteiger partial charge in [-0.15, -0.1) is 0 Å². The third-order valence-electron chi connectivity index (χ3n) is 4.10. The summed E-state index contributed by atoms with van der Waals surface area (Å²) in [6.45, 7) is 3.19. The predicted molar refractivity (Wildman–Crippen MR) is 73.0 cm³/mol. The first kappa shape index (κ1) is 12.3. The Morgan fingerprint density at radius 3 is 2.58 bits per heavy atom. The first-order chi connectivity index (χ1) is 9.24. The van der Waals surface area contributed by atoms with Gasteiger partial charge in [0, 0.05) is 26.2 Å². The minimum Gasteiger partial charge on any atom is -0.508 e. The van der Waals surface area contributed by atoms with Gasteiger partial charge in [-0.1, -0.05) is 6.07 Å². The SMILES string of the molecule is O=C(N1CCCCC1)N1CCc2ccc(O)cc2C1. The highest BCUT2D eigenvalue weighted by Crippen LogP contribution is 2.24. The van der Waals surface area contributed by atoms with Crippen molar-refractivity contribution in [2.75, 3.05) is 19.6 Å². The minimum atomic E-state index is 0.161. The molecule has 4 heteroatoms. The van der Waals surface area contributed by atoms with E-state index in [4.69, 9.17) is 0 Å². The van der Waals surface area contributed by atoms with E-state index >= 15 is 0 Å². The molecule has 0 unspecified atom stereocenters. The molecule has 2 heterocycles. The zero-order valence-corrected chi connectivity index (χ0v) is 11.1. The highest BCUT2D eigenvalue weighted by atomic mass is 16.3. The van der Waals surface area contributed by atoms with E-state index in [-0.39, 0.29) is 11.8 Å². The van der Waals surface area contributed by atoms with Crippen LogP contribution in [0.5, 0.6) is 5.75 Å². The van der Waals surface area contributed by atoms with E-state index in [2.05, 4.69) is 0 Å². The van der Waals surface area contributed by atoms with Gasteiger partial charge in [0.25, 0.3) is 0 Å². The monoisotopic (exact) mass is 260 g/mol. The summed E-state index contributed by atoms with van der Waals surface area (Å²) in [6, 6.07) is 5.63. The summed E-state index contributed by atoms with van der Waals surface area (Å²) < 4.78 is 0. The molecule has 3 rings (SSSR count). The van der Waals surface area contributed by atoms with Gasteiger partial charge in [-0.2, -0.15) is 0 Å². The Hall–Kier alpha value is -1.71. The molecule has 0 aliphatic carbocycles. The third kappa shape index (κ3) is 2.53. The smallest absolute Gasteiger partial charge is 0.320 e. The number of hydrogen-bond donors (Lipinski definition) is 1. The lowest BCUT2D eigenvalue weighted by atomic mass is 9.99. The first-order valence-corrected chi connectivity index (χ1v) is 7.08. The Morgan fingerprint density at radius 2 is 1.79 bits per heavy atom. The van der Waals surface area contributed by atoms with Crippen LogP contribution in [0.25, 0.3) is 0 Å². The van der Waals surface area contributed by atoms with Crippen LogP contribution in [0.3, 0.4) is 0 Å². The fraction of sp³-hybridized carbons (Fsp3) is 0.533. The maximum Gasteiger partial charge on any atom is 0.320 e. The zero-order chi connectivity index (χ0) is 13.2. The number of aromatic hydroxyl groups is 1. The number of phenols is 1. The van der Waals surface area contributed by atoms with Crippen LogP contribution in [-0.2, 0) is 13.0 Å². The van der Waals surface area contributed by atoms with Gasteiger partial charge in [-0.25, -0.2) is 4.79 Å². The molecule has 102 valence electrons. The molecule has 0 bridgehead atoms. The van der Waals surface area contributed by atoms with Crippen LogP contribution < -0.4 is 0 Å². The fourth-order valence-electron chi connectivity index (χ4n) is 2.99.